The highest BCUT2D eigenvalue weighted by atomic mass is 15.3. The Morgan fingerprint density at radius 2 is 2.31 bits per heavy atom. The maximum absolute atomic E-state index is 4.30. The zero-order valence-electron chi connectivity index (χ0n) is 8.20. The molecule has 72 valence electrons. The first kappa shape index (κ1) is 8.72. The average Bonchev–Trinajstić information content (AvgIpc) is 2.61. The number of likely N-dealkylation sites (N-methyl/N-ethyl adjacent to an activating group) is 2. The number of H-pyrrole nitrogens is 1. The fraction of sp³-hybridized carbons (Fsp3) is 0.667. The highest BCUT2D eigenvalue weighted by Gasteiger charge is 2.24. The van der Waals surface area contributed by atoms with Crippen molar-refractivity contribution in [1.82, 2.24) is 19.8 Å². The van der Waals surface area contributed by atoms with E-state index in [1.807, 2.05) is 12.4 Å². The molecule has 4 nitrogen and oxygen atoms in total. The number of rotatable bonds is 1. The topological polar surface area (TPSA) is 35.2 Å². The Bertz CT molecular complexity index is 257. The molecule has 1 saturated heterocycles. The quantitative estimate of drug-likeness (QED) is 0.676. The van der Waals surface area contributed by atoms with E-state index >= 15 is 0 Å². The Kier molecular flexibility index (Phi) is 2.33. The molecule has 2 rings (SSSR count). The SMILES string of the molecule is CN1CCN(C)C(c2ncc[nH]2)C1. The van der Waals surface area contributed by atoms with Crippen LogP contribution in [0.3, 0.4) is 0 Å². The summed E-state index contributed by atoms with van der Waals surface area (Å²) in [5, 5.41) is 0. The summed E-state index contributed by atoms with van der Waals surface area (Å²) in [7, 11) is 4.31. The number of hydrogen-bond acceptors (Lipinski definition) is 3. The lowest BCUT2D eigenvalue weighted by molar-refractivity contribution is 0.110. The molecule has 1 N–H and O–H groups in total. The van der Waals surface area contributed by atoms with Crippen molar-refractivity contribution in [3.63, 3.8) is 0 Å². The second-order valence-corrected chi connectivity index (χ2v) is 3.73. The van der Waals surface area contributed by atoms with Gasteiger partial charge < -0.3 is 9.88 Å². The number of hydrogen-bond donors (Lipinski definition) is 1. The third-order valence-electron chi connectivity index (χ3n) is 2.69. The van der Waals surface area contributed by atoms with Gasteiger partial charge in [-0.1, -0.05) is 0 Å². The molecule has 2 heterocycles. The molecule has 0 amide bonds. The predicted octanol–water partition coefficient (Wildman–Crippen LogP) is 0.328. The molecule has 1 aliphatic heterocycles. The van der Waals surface area contributed by atoms with Crippen LogP contribution in [-0.2, 0) is 0 Å². The zero-order chi connectivity index (χ0) is 9.26. The number of aromatic nitrogens is 2. The van der Waals surface area contributed by atoms with Crippen LogP contribution in [-0.4, -0.2) is 53.5 Å². The van der Waals surface area contributed by atoms with Crippen LogP contribution in [0.15, 0.2) is 12.4 Å². The first-order valence-corrected chi connectivity index (χ1v) is 4.65. The number of aromatic amines is 1. The average molecular weight is 180 g/mol. The van der Waals surface area contributed by atoms with E-state index in [2.05, 4.69) is 33.9 Å². The summed E-state index contributed by atoms with van der Waals surface area (Å²) in [5.41, 5.74) is 0. The Morgan fingerprint density at radius 3 is 3.00 bits per heavy atom. The van der Waals surface area contributed by atoms with E-state index in [0.29, 0.717) is 6.04 Å². The summed E-state index contributed by atoms with van der Waals surface area (Å²) in [5.74, 6) is 1.08. The van der Waals surface area contributed by atoms with Crippen LogP contribution in [0.5, 0.6) is 0 Å². The zero-order valence-corrected chi connectivity index (χ0v) is 8.20. The largest absolute Gasteiger partial charge is 0.347 e. The monoisotopic (exact) mass is 180 g/mol. The second kappa shape index (κ2) is 3.47. The standard InChI is InChI=1S/C9H16N4/c1-12-5-6-13(2)8(7-12)9-10-3-4-11-9/h3-4,8H,5-7H2,1-2H3,(H,10,11). The molecule has 0 radical (unpaired) electrons. The minimum atomic E-state index is 0.425. The number of imidazole rings is 1. The van der Waals surface area contributed by atoms with E-state index in [1.54, 1.807) is 0 Å². The van der Waals surface area contributed by atoms with Crippen LogP contribution in [0.4, 0.5) is 0 Å². The minimum absolute atomic E-state index is 0.425. The number of piperazine rings is 1. The van der Waals surface area contributed by atoms with Crippen LogP contribution >= 0.6 is 0 Å². The van der Waals surface area contributed by atoms with E-state index in [-0.39, 0.29) is 0 Å². The summed E-state index contributed by atoms with van der Waals surface area (Å²) in [6.45, 7) is 3.32. The summed E-state index contributed by atoms with van der Waals surface area (Å²) in [6.07, 6.45) is 3.70. The first-order valence-electron chi connectivity index (χ1n) is 4.65. The van der Waals surface area contributed by atoms with E-state index in [9.17, 15) is 0 Å². The van der Waals surface area contributed by atoms with Gasteiger partial charge in [-0.3, -0.25) is 4.90 Å². The second-order valence-electron chi connectivity index (χ2n) is 3.73. The molecule has 0 aromatic carbocycles. The smallest absolute Gasteiger partial charge is 0.124 e. The molecule has 4 heteroatoms. The Balaban J connectivity index is 2.12. The summed E-state index contributed by atoms with van der Waals surface area (Å²) in [4.78, 5) is 12.2. The molecule has 1 atom stereocenters. The molecule has 1 unspecified atom stereocenters. The predicted molar refractivity (Wildman–Crippen MR) is 51.5 cm³/mol. The lowest BCUT2D eigenvalue weighted by Crippen LogP contribution is -2.45. The van der Waals surface area contributed by atoms with Crippen molar-refractivity contribution in [2.24, 2.45) is 0 Å². The van der Waals surface area contributed by atoms with Crippen molar-refractivity contribution < 1.29 is 0 Å². The van der Waals surface area contributed by atoms with Crippen molar-refractivity contribution in [1.29, 1.82) is 0 Å². The van der Waals surface area contributed by atoms with Gasteiger partial charge in [0.05, 0.1) is 6.04 Å². The van der Waals surface area contributed by atoms with Crippen molar-refractivity contribution in [3.05, 3.63) is 18.2 Å². The van der Waals surface area contributed by atoms with Gasteiger partial charge in [0.1, 0.15) is 5.82 Å². The summed E-state index contributed by atoms with van der Waals surface area (Å²) in [6, 6.07) is 0.425. The molecular weight excluding hydrogens is 164 g/mol. The summed E-state index contributed by atoms with van der Waals surface area (Å²) >= 11 is 0. The molecule has 0 saturated carbocycles. The van der Waals surface area contributed by atoms with E-state index < -0.39 is 0 Å². The van der Waals surface area contributed by atoms with Gasteiger partial charge in [0.25, 0.3) is 0 Å². The fourth-order valence-electron chi connectivity index (χ4n) is 1.77. The molecule has 0 aliphatic carbocycles. The molecule has 0 bridgehead atoms. The fourth-order valence-corrected chi connectivity index (χ4v) is 1.77. The van der Waals surface area contributed by atoms with Gasteiger partial charge in [0.2, 0.25) is 0 Å². The molecule has 1 aliphatic rings. The lowest BCUT2D eigenvalue weighted by Gasteiger charge is -2.36. The maximum atomic E-state index is 4.30. The highest BCUT2D eigenvalue weighted by molar-refractivity contribution is 4.98. The first-order chi connectivity index (χ1) is 6.27. The van der Waals surface area contributed by atoms with Crippen molar-refractivity contribution in [3.8, 4) is 0 Å². The van der Waals surface area contributed by atoms with Crippen LogP contribution in [0.1, 0.15) is 11.9 Å². The van der Waals surface area contributed by atoms with Crippen molar-refractivity contribution in [2.75, 3.05) is 33.7 Å². The van der Waals surface area contributed by atoms with Crippen LogP contribution in [0.25, 0.3) is 0 Å². The van der Waals surface area contributed by atoms with Gasteiger partial charge in [-0.2, -0.15) is 0 Å². The molecule has 0 spiro atoms. The van der Waals surface area contributed by atoms with E-state index in [1.165, 1.54) is 0 Å². The van der Waals surface area contributed by atoms with Gasteiger partial charge in [-0.25, -0.2) is 4.98 Å². The lowest BCUT2D eigenvalue weighted by atomic mass is 10.2. The van der Waals surface area contributed by atoms with Crippen molar-refractivity contribution >= 4 is 0 Å². The van der Waals surface area contributed by atoms with E-state index in [4.69, 9.17) is 0 Å². The molecule has 1 aromatic heterocycles. The third-order valence-corrected chi connectivity index (χ3v) is 2.69. The van der Waals surface area contributed by atoms with Crippen molar-refractivity contribution in [2.45, 2.75) is 6.04 Å². The Morgan fingerprint density at radius 1 is 1.46 bits per heavy atom. The normalized spacial score (nSPS) is 26.5. The van der Waals surface area contributed by atoms with Gasteiger partial charge in [-0.05, 0) is 14.1 Å². The van der Waals surface area contributed by atoms with Crippen LogP contribution in [0.2, 0.25) is 0 Å². The van der Waals surface area contributed by atoms with E-state index in [0.717, 1.165) is 25.5 Å². The van der Waals surface area contributed by atoms with Gasteiger partial charge in [0.15, 0.2) is 0 Å². The molecule has 13 heavy (non-hydrogen) atoms. The highest BCUT2D eigenvalue weighted by Crippen LogP contribution is 2.19. The Hall–Kier alpha value is -0.870. The van der Waals surface area contributed by atoms with Gasteiger partial charge >= 0.3 is 0 Å². The van der Waals surface area contributed by atoms with Gasteiger partial charge in [-0.15, -0.1) is 0 Å². The summed E-state index contributed by atoms with van der Waals surface area (Å²) < 4.78 is 0. The Labute approximate surface area is 78.6 Å². The van der Waals surface area contributed by atoms with Crippen LogP contribution < -0.4 is 0 Å². The maximum Gasteiger partial charge on any atom is 0.124 e. The number of nitrogens with one attached hydrogen (secondary N) is 1. The molecular formula is C9H16N4. The minimum Gasteiger partial charge on any atom is -0.347 e. The molecule has 1 aromatic rings. The molecule has 1 fully saturated rings. The van der Waals surface area contributed by atoms with Gasteiger partial charge in [0, 0.05) is 32.0 Å². The van der Waals surface area contributed by atoms with Crippen LogP contribution in [0, 0.1) is 0 Å². The number of nitrogens with zero attached hydrogens (tertiary/aromatic N) is 3. The third kappa shape index (κ3) is 1.73.